The van der Waals surface area contributed by atoms with E-state index in [4.69, 9.17) is 4.74 Å². The lowest BCUT2D eigenvalue weighted by molar-refractivity contribution is 0.0285. The summed E-state index contributed by atoms with van der Waals surface area (Å²) in [6.07, 6.45) is 3.28. The van der Waals surface area contributed by atoms with Gasteiger partial charge in [0.05, 0.1) is 0 Å². The topological polar surface area (TPSA) is 29.5 Å². The van der Waals surface area contributed by atoms with Gasteiger partial charge in [-0.2, -0.15) is 0 Å². The van der Waals surface area contributed by atoms with Crippen LogP contribution >= 0.6 is 0 Å². The molecule has 1 aromatic rings. The third kappa shape index (κ3) is 6.19. The summed E-state index contributed by atoms with van der Waals surface area (Å²) in [5, 5.41) is 0. The summed E-state index contributed by atoms with van der Waals surface area (Å²) in [5.74, 6) is 0. The van der Waals surface area contributed by atoms with E-state index in [1.54, 1.807) is 11.9 Å². The number of benzene rings is 1. The number of carbonyl (C=O) groups is 1. The van der Waals surface area contributed by atoms with E-state index in [0.717, 1.165) is 12.0 Å². The molecule has 1 aromatic carbocycles. The smallest absolute Gasteiger partial charge is 0.410 e. The summed E-state index contributed by atoms with van der Waals surface area (Å²) in [5.41, 5.74) is 3.39. The van der Waals surface area contributed by atoms with Crippen molar-refractivity contribution in [2.24, 2.45) is 0 Å². The first-order valence-electron chi connectivity index (χ1n) is 7.75. The lowest BCUT2D eigenvalue weighted by Gasteiger charge is -2.24. The number of ether oxygens (including phenoxy) is 1. The number of rotatable bonds is 5. The monoisotopic (exact) mass is 291 g/mol. The zero-order valence-electron chi connectivity index (χ0n) is 14.3. The molecule has 3 nitrogen and oxygen atoms in total. The van der Waals surface area contributed by atoms with Gasteiger partial charge in [-0.1, -0.05) is 31.5 Å². The predicted octanol–water partition coefficient (Wildman–Crippen LogP) is 4.70. The second-order valence-corrected chi connectivity index (χ2v) is 6.70. The highest BCUT2D eigenvalue weighted by Gasteiger charge is 2.19. The predicted molar refractivity (Wildman–Crippen MR) is 87.5 cm³/mol. The normalized spacial score (nSPS) is 11.3. The van der Waals surface area contributed by atoms with E-state index in [1.807, 2.05) is 20.8 Å². The third-order valence-corrected chi connectivity index (χ3v) is 3.33. The minimum atomic E-state index is -0.453. The van der Waals surface area contributed by atoms with Gasteiger partial charge >= 0.3 is 6.09 Å². The molecule has 0 aliphatic rings. The molecule has 0 heterocycles. The maximum absolute atomic E-state index is 12.0. The van der Waals surface area contributed by atoms with E-state index >= 15 is 0 Å². The van der Waals surface area contributed by atoms with E-state index in [9.17, 15) is 4.79 Å². The summed E-state index contributed by atoms with van der Waals surface area (Å²) >= 11 is 0. The number of unbranched alkanes of at least 4 members (excludes halogenated alkanes) is 1. The molecular weight excluding hydrogens is 262 g/mol. The first-order chi connectivity index (χ1) is 9.73. The number of aryl methyl sites for hydroxylation is 2. The fourth-order valence-corrected chi connectivity index (χ4v) is 2.18. The van der Waals surface area contributed by atoms with Crippen LogP contribution in [0, 0.1) is 6.92 Å². The van der Waals surface area contributed by atoms with Crippen LogP contribution in [-0.2, 0) is 17.7 Å². The Labute approximate surface area is 129 Å². The molecule has 118 valence electrons. The van der Waals surface area contributed by atoms with Crippen LogP contribution in [-0.4, -0.2) is 23.6 Å². The second kappa shape index (κ2) is 7.48. The van der Waals surface area contributed by atoms with Gasteiger partial charge in [0.25, 0.3) is 0 Å². The van der Waals surface area contributed by atoms with Crippen molar-refractivity contribution in [3.8, 4) is 0 Å². The Bertz CT molecular complexity index is 475. The van der Waals surface area contributed by atoms with Gasteiger partial charge in [-0.15, -0.1) is 0 Å². The highest BCUT2D eigenvalue weighted by Crippen LogP contribution is 2.16. The SMILES string of the molecule is CCCCc1ccc(CN(C)C(=O)OC(C)(C)C)cc1C. The van der Waals surface area contributed by atoms with Crippen molar-refractivity contribution in [1.29, 1.82) is 0 Å². The van der Waals surface area contributed by atoms with E-state index in [1.165, 1.54) is 24.0 Å². The van der Waals surface area contributed by atoms with Crippen LogP contribution in [0.4, 0.5) is 4.79 Å². The van der Waals surface area contributed by atoms with E-state index in [2.05, 4.69) is 32.0 Å². The molecule has 3 heteroatoms. The molecule has 21 heavy (non-hydrogen) atoms. The molecule has 0 N–H and O–H groups in total. The van der Waals surface area contributed by atoms with Crippen molar-refractivity contribution >= 4 is 6.09 Å². The average molecular weight is 291 g/mol. The molecule has 0 aliphatic heterocycles. The molecule has 0 saturated heterocycles. The number of carbonyl (C=O) groups excluding carboxylic acids is 1. The van der Waals surface area contributed by atoms with Crippen molar-refractivity contribution < 1.29 is 9.53 Å². The summed E-state index contributed by atoms with van der Waals surface area (Å²) < 4.78 is 5.37. The largest absolute Gasteiger partial charge is 0.444 e. The van der Waals surface area contributed by atoms with Crippen molar-refractivity contribution in [2.75, 3.05) is 7.05 Å². The van der Waals surface area contributed by atoms with Gasteiger partial charge in [-0.3, -0.25) is 0 Å². The number of nitrogens with zero attached hydrogens (tertiary/aromatic N) is 1. The Morgan fingerprint density at radius 2 is 1.95 bits per heavy atom. The number of hydrogen-bond donors (Lipinski definition) is 0. The molecule has 0 spiro atoms. The molecular formula is C18H29NO2. The zero-order chi connectivity index (χ0) is 16.0. The van der Waals surface area contributed by atoms with Crippen molar-refractivity contribution in [2.45, 2.75) is 66.0 Å². The molecule has 0 saturated carbocycles. The Morgan fingerprint density at radius 3 is 2.48 bits per heavy atom. The first kappa shape index (κ1) is 17.5. The average Bonchev–Trinajstić information content (AvgIpc) is 2.35. The molecule has 0 radical (unpaired) electrons. The van der Waals surface area contributed by atoms with E-state index in [0.29, 0.717) is 6.54 Å². The summed E-state index contributed by atoms with van der Waals surface area (Å²) in [6, 6.07) is 6.47. The van der Waals surface area contributed by atoms with Gasteiger partial charge in [-0.25, -0.2) is 4.79 Å². The van der Waals surface area contributed by atoms with Gasteiger partial charge in [0, 0.05) is 13.6 Å². The zero-order valence-corrected chi connectivity index (χ0v) is 14.3. The lowest BCUT2D eigenvalue weighted by atomic mass is 10.0. The molecule has 1 rings (SSSR count). The van der Waals surface area contributed by atoms with Crippen molar-refractivity contribution in [1.82, 2.24) is 4.90 Å². The van der Waals surface area contributed by atoms with Crippen molar-refractivity contribution in [3.05, 3.63) is 34.9 Å². The lowest BCUT2D eigenvalue weighted by Crippen LogP contribution is -2.33. The highest BCUT2D eigenvalue weighted by molar-refractivity contribution is 5.67. The summed E-state index contributed by atoms with van der Waals surface area (Å²) in [6.45, 7) is 10.6. The summed E-state index contributed by atoms with van der Waals surface area (Å²) in [4.78, 5) is 13.6. The Morgan fingerprint density at radius 1 is 1.29 bits per heavy atom. The van der Waals surface area contributed by atoms with Crippen LogP contribution in [0.1, 0.15) is 57.2 Å². The Hall–Kier alpha value is -1.51. The molecule has 0 bridgehead atoms. The quantitative estimate of drug-likeness (QED) is 0.786. The van der Waals surface area contributed by atoms with Crippen LogP contribution in [0.5, 0.6) is 0 Å². The van der Waals surface area contributed by atoms with Crippen LogP contribution in [0.2, 0.25) is 0 Å². The minimum absolute atomic E-state index is 0.282. The van der Waals surface area contributed by atoms with Gasteiger partial charge in [-0.05, 0) is 57.2 Å². The van der Waals surface area contributed by atoms with E-state index < -0.39 is 5.60 Å². The highest BCUT2D eigenvalue weighted by atomic mass is 16.6. The molecule has 0 unspecified atom stereocenters. The standard InChI is InChI=1S/C18H29NO2/c1-7-8-9-16-11-10-15(12-14(16)2)13-19(6)17(20)21-18(3,4)5/h10-12H,7-9,13H2,1-6H3. The molecule has 0 aliphatic carbocycles. The van der Waals surface area contributed by atoms with Crippen LogP contribution in [0.15, 0.2) is 18.2 Å². The van der Waals surface area contributed by atoms with Gasteiger partial charge in [0.1, 0.15) is 5.60 Å². The molecule has 0 fully saturated rings. The van der Waals surface area contributed by atoms with Crippen LogP contribution in [0.25, 0.3) is 0 Å². The molecule has 1 amide bonds. The Kier molecular flexibility index (Phi) is 6.25. The van der Waals surface area contributed by atoms with Gasteiger partial charge < -0.3 is 9.64 Å². The maximum Gasteiger partial charge on any atom is 0.410 e. The molecule has 0 aromatic heterocycles. The third-order valence-electron chi connectivity index (χ3n) is 3.33. The van der Waals surface area contributed by atoms with Gasteiger partial charge in [0.15, 0.2) is 0 Å². The summed E-state index contributed by atoms with van der Waals surface area (Å²) in [7, 11) is 1.77. The fourth-order valence-electron chi connectivity index (χ4n) is 2.18. The molecule has 0 atom stereocenters. The first-order valence-corrected chi connectivity index (χ1v) is 7.75. The van der Waals surface area contributed by atoms with Crippen molar-refractivity contribution in [3.63, 3.8) is 0 Å². The second-order valence-electron chi connectivity index (χ2n) is 6.70. The minimum Gasteiger partial charge on any atom is -0.444 e. The maximum atomic E-state index is 12.0. The van der Waals surface area contributed by atoms with Crippen LogP contribution < -0.4 is 0 Å². The Balaban J connectivity index is 2.66. The van der Waals surface area contributed by atoms with Gasteiger partial charge in [0.2, 0.25) is 0 Å². The number of hydrogen-bond acceptors (Lipinski definition) is 2. The van der Waals surface area contributed by atoms with Crippen LogP contribution in [0.3, 0.4) is 0 Å². The number of amides is 1. The van der Waals surface area contributed by atoms with E-state index in [-0.39, 0.29) is 6.09 Å². The fraction of sp³-hybridized carbons (Fsp3) is 0.611.